The highest BCUT2D eigenvalue weighted by molar-refractivity contribution is 7.85. The summed E-state index contributed by atoms with van der Waals surface area (Å²) in [6.07, 6.45) is 5.94. The monoisotopic (exact) mass is 307 g/mol. The van der Waals surface area contributed by atoms with Crippen molar-refractivity contribution < 1.29 is 4.21 Å². The van der Waals surface area contributed by atoms with Crippen LogP contribution >= 0.6 is 0 Å². The molecule has 0 aromatic heterocycles. The van der Waals surface area contributed by atoms with E-state index in [0.717, 1.165) is 17.7 Å². The van der Waals surface area contributed by atoms with Crippen LogP contribution in [0.25, 0.3) is 0 Å². The Labute approximate surface area is 132 Å². The van der Waals surface area contributed by atoms with Crippen LogP contribution in [0, 0.1) is 0 Å². The molecule has 0 saturated heterocycles. The second-order valence-corrected chi connectivity index (χ2v) is 8.82. The molecule has 0 spiro atoms. The lowest BCUT2D eigenvalue weighted by molar-refractivity contribution is 0.500. The summed E-state index contributed by atoms with van der Waals surface area (Å²) in [6, 6.07) is 8.79. The molecule has 0 aliphatic heterocycles. The molecule has 1 aromatic carbocycles. The minimum Gasteiger partial charge on any atom is -0.316 e. The van der Waals surface area contributed by atoms with Crippen molar-refractivity contribution in [2.45, 2.75) is 74.5 Å². The molecule has 1 saturated carbocycles. The lowest BCUT2D eigenvalue weighted by atomic mass is 9.87. The van der Waals surface area contributed by atoms with Crippen molar-refractivity contribution in [2.75, 3.05) is 7.05 Å². The first-order valence-electron chi connectivity index (χ1n) is 8.12. The van der Waals surface area contributed by atoms with Crippen LogP contribution in [0.2, 0.25) is 0 Å². The Morgan fingerprint density at radius 3 is 2.24 bits per heavy atom. The highest BCUT2D eigenvalue weighted by Gasteiger charge is 2.28. The van der Waals surface area contributed by atoms with Gasteiger partial charge in [-0.25, -0.2) is 0 Å². The summed E-state index contributed by atoms with van der Waals surface area (Å²) < 4.78 is 13.0. The molecule has 3 unspecified atom stereocenters. The lowest BCUT2D eigenvalue weighted by Gasteiger charge is -2.25. The predicted octanol–water partition coefficient (Wildman–Crippen LogP) is 4.01. The highest BCUT2D eigenvalue weighted by Crippen LogP contribution is 2.27. The van der Waals surface area contributed by atoms with E-state index in [0.29, 0.717) is 6.04 Å². The molecule has 2 rings (SSSR count). The standard InChI is InChI=1S/C18H29NOS/c1-18(2,3)14-10-12-15(13-11-14)21(20)17-9-7-5-6-8-16(17)19-4/h10-13,16-17,19H,5-9H2,1-4H3. The molecule has 1 fully saturated rings. The van der Waals surface area contributed by atoms with E-state index in [1.807, 2.05) is 7.05 Å². The number of rotatable bonds is 3. The number of hydrogen-bond acceptors (Lipinski definition) is 2. The molecular formula is C18H29NOS. The Morgan fingerprint density at radius 2 is 1.67 bits per heavy atom. The van der Waals surface area contributed by atoms with Crippen molar-refractivity contribution in [2.24, 2.45) is 0 Å². The molecule has 0 bridgehead atoms. The van der Waals surface area contributed by atoms with E-state index in [4.69, 9.17) is 0 Å². The van der Waals surface area contributed by atoms with Gasteiger partial charge in [0.05, 0.1) is 16.0 Å². The van der Waals surface area contributed by atoms with Crippen LogP contribution in [0.3, 0.4) is 0 Å². The molecule has 1 aromatic rings. The van der Waals surface area contributed by atoms with Gasteiger partial charge in [0.2, 0.25) is 0 Å². The van der Waals surface area contributed by atoms with Gasteiger partial charge in [0, 0.05) is 10.9 Å². The minimum atomic E-state index is -0.908. The van der Waals surface area contributed by atoms with Gasteiger partial charge in [-0.3, -0.25) is 4.21 Å². The van der Waals surface area contributed by atoms with E-state index in [2.05, 4.69) is 50.4 Å². The fraction of sp³-hybridized carbons (Fsp3) is 0.667. The van der Waals surface area contributed by atoms with Crippen molar-refractivity contribution in [3.63, 3.8) is 0 Å². The zero-order valence-electron chi connectivity index (χ0n) is 13.8. The zero-order valence-corrected chi connectivity index (χ0v) is 14.6. The van der Waals surface area contributed by atoms with Gasteiger partial charge in [0.25, 0.3) is 0 Å². The van der Waals surface area contributed by atoms with Crippen molar-refractivity contribution >= 4 is 10.8 Å². The number of benzene rings is 1. The van der Waals surface area contributed by atoms with Crippen LogP contribution in [0.15, 0.2) is 29.2 Å². The van der Waals surface area contributed by atoms with Crippen LogP contribution in [-0.4, -0.2) is 22.5 Å². The van der Waals surface area contributed by atoms with E-state index >= 15 is 0 Å². The minimum absolute atomic E-state index is 0.149. The van der Waals surface area contributed by atoms with Crippen LogP contribution in [0.1, 0.15) is 58.4 Å². The fourth-order valence-corrected chi connectivity index (χ4v) is 4.83. The molecule has 1 N–H and O–H groups in total. The molecule has 2 nitrogen and oxygen atoms in total. The Bertz CT molecular complexity index is 475. The van der Waals surface area contributed by atoms with Gasteiger partial charge < -0.3 is 5.32 Å². The summed E-state index contributed by atoms with van der Waals surface area (Å²) in [4.78, 5) is 0.982. The van der Waals surface area contributed by atoms with Gasteiger partial charge in [-0.2, -0.15) is 0 Å². The van der Waals surface area contributed by atoms with Crippen LogP contribution in [0.4, 0.5) is 0 Å². The Morgan fingerprint density at radius 1 is 1.05 bits per heavy atom. The van der Waals surface area contributed by atoms with Gasteiger partial charge in [-0.05, 0) is 43.0 Å². The van der Waals surface area contributed by atoms with Crippen LogP contribution in [0.5, 0.6) is 0 Å². The summed E-state index contributed by atoms with van der Waals surface area (Å²) in [5.41, 5.74) is 1.45. The molecule has 118 valence electrons. The molecule has 0 heterocycles. The molecule has 21 heavy (non-hydrogen) atoms. The summed E-state index contributed by atoms with van der Waals surface area (Å²) in [7, 11) is 1.09. The summed E-state index contributed by atoms with van der Waals surface area (Å²) >= 11 is 0. The van der Waals surface area contributed by atoms with Gasteiger partial charge in [-0.15, -0.1) is 0 Å². The summed E-state index contributed by atoms with van der Waals surface area (Å²) in [6.45, 7) is 6.63. The number of nitrogens with one attached hydrogen (secondary N) is 1. The van der Waals surface area contributed by atoms with Crippen molar-refractivity contribution in [3.05, 3.63) is 29.8 Å². The van der Waals surface area contributed by atoms with Gasteiger partial charge in [-0.1, -0.05) is 52.2 Å². The van der Waals surface area contributed by atoms with Gasteiger partial charge in [0.15, 0.2) is 0 Å². The first-order valence-corrected chi connectivity index (χ1v) is 9.33. The average Bonchev–Trinajstić information content (AvgIpc) is 2.70. The Kier molecular flexibility index (Phi) is 5.61. The molecule has 0 radical (unpaired) electrons. The second kappa shape index (κ2) is 7.06. The third-order valence-corrected chi connectivity index (χ3v) is 6.40. The quantitative estimate of drug-likeness (QED) is 0.855. The lowest BCUT2D eigenvalue weighted by Crippen LogP contribution is -2.39. The maximum Gasteiger partial charge on any atom is 0.0576 e. The molecular weight excluding hydrogens is 278 g/mol. The van der Waals surface area contributed by atoms with E-state index in [1.165, 1.54) is 24.8 Å². The van der Waals surface area contributed by atoms with E-state index in [-0.39, 0.29) is 10.7 Å². The van der Waals surface area contributed by atoms with Crippen LogP contribution < -0.4 is 5.32 Å². The van der Waals surface area contributed by atoms with Crippen molar-refractivity contribution in [1.29, 1.82) is 0 Å². The normalized spacial score (nSPS) is 25.3. The summed E-state index contributed by atoms with van der Waals surface area (Å²) in [5.74, 6) is 0. The second-order valence-electron chi connectivity index (χ2n) is 7.14. The molecule has 0 amide bonds. The fourth-order valence-electron chi connectivity index (χ4n) is 3.12. The van der Waals surface area contributed by atoms with Crippen LogP contribution in [-0.2, 0) is 16.2 Å². The van der Waals surface area contributed by atoms with Crippen molar-refractivity contribution in [1.82, 2.24) is 5.32 Å². The van der Waals surface area contributed by atoms with E-state index in [1.54, 1.807) is 0 Å². The zero-order chi connectivity index (χ0) is 15.5. The molecule has 1 aliphatic rings. The predicted molar refractivity (Wildman–Crippen MR) is 91.3 cm³/mol. The van der Waals surface area contributed by atoms with Crippen molar-refractivity contribution in [3.8, 4) is 0 Å². The average molecular weight is 308 g/mol. The first-order chi connectivity index (χ1) is 9.93. The largest absolute Gasteiger partial charge is 0.316 e. The third kappa shape index (κ3) is 4.17. The molecule has 1 aliphatic carbocycles. The maximum absolute atomic E-state index is 13.0. The van der Waals surface area contributed by atoms with Gasteiger partial charge in [0.1, 0.15) is 0 Å². The SMILES string of the molecule is CNC1CCCCCC1S(=O)c1ccc(C(C)(C)C)cc1. The first kappa shape index (κ1) is 16.7. The molecule has 3 heteroatoms. The Balaban J connectivity index is 2.18. The highest BCUT2D eigenvalue weighted by atomic mass is 32.2. The Hall–Kier alpha value is -0.670. The third-order valence-electron chi connectivity index (χ3n) is 4.55. The molecule has 3 atom stereocenters. The van der Waals surface area contributed by atoms with E-state index in [9.17, 15) is 4.21 Å². The smallest absolute Gasteiger partial charge is 0.0576 e. The van der Waals surface area contributed by atoms with E-state index < -0.39 is 10.8 Å². The maximum atomic E-state index is 13.0. The van der Waals surface area contributed by atoms with Gasteiger partial charge >= 0.3 is 0 Å². The number of hydrogen-bond donors (Lipinski definition) is 1. The summed E-state index contributed by atoms with van der Waals surface area (Å²) in [5, 5.41) is 3.64. The topological polar surface area (TPSA) is 29.1 Å².